The molecule has 3 unspecified atom stereocenters. The van der Waals surface area contributed by atoms with Gasteiger partial charge in [0.15, 0.2) is 5.82 Å². The Hall–Kier alpha value is -6.12. The molecule has 7 heterocycles. The van der Waals surface area contributed by atoms with Crippen LogP contribution in [0.3, 0.4) is 0 Å². The number of aliphatic hydroxyl groups excluding tert-OH is 1. The van der Waals surface area contributed by atoms with Crippen LogP contribution in [0.15, 0.2) is 55.0 Å². The number of hydrogen-bond donors (Lipinski definition) is 4. The van der Waals surface area contributed by atoms with Crippen molar-refractivity contribution in [2.24, 2.45) is 0 Å². The quantitative estimate of drug-likeness (QED) is 0.0491. The Morgan fingerprint density at radius 3 is 2.52 bits per heavy atom. The molecule has 1 aromatic carbocycles. The fraction of sp³-hybridized carbons (Fsp3) is 0.531. The summed E-state index contributed by atoms with van der Waals surface area (Å²) in [7, 11) is -2.89. The number of carbonyl (C=O) groups excluding carboxylic acids is 4. The Kier molecular flexibility index (Phi) is 14.2. The van der Waals surface area contributed by atoms with Crippen LogP contribution in [0.5, 0.6) is 0 Å². The van der Waals surface area contributed by atoms with Crippen LogP contribution < -0.4 is 15.5 Å². The van der Waals surface area contributed by atoms with E-state index < -0.39 is 44.5 Å². The molecular weight excluding hydrogens is 901 g/mol. The lowest BCUT2D eigenvalue weighted by Crippen LogP contribution is -2.55. The molecule has 4 atom stereocenters. The van der Waals surface area contributed by atoms with Crippen molar-refractivity contribution in [3.05, 3.63) is 77.5 Å². The number of benzene rings is 1. The molecule has 9 rings (SSSR count). The molecule has 69 heavy (non-hydrogen) atoms. The minimum absolute atomic E-state index is 0.0938. The van der Waals surface area contributed by atoms with E-state index in [-0.39, 0.29) is 48.0 Å². The number of nitrogens with zero attached hydrogens (tertiary/aromatic N) is 9. The van der Waals surface area contributed by atoms with Crippen molar-refractivity contribution in [3.8, 4) is 11.4 Å². The first-order valence-electron chi connectivity index (χ1n) is 24.4. The van der Waals surface area contributed by atoms with Crippen LogP contribution in [-0.2, 0) is 48.3 Å². The number of nitrogens with one attached hydrogen (secondary N) is 3. The number of imide groups is 1. The summed E-state index contributed by atoms with van der Waals surface area (Å²) < 4.78 is 31.0. The highest BCUT2D eigenvalue weighted by atomic mass is 32.2. The van der Waals surface area contributed by atoms with Gasteiger partial charge < -0.3 is 29.9 Å². The van der Waals surface area contributed by atoms with Crippen LogP contribution in [0.2, 0.25) is 0 Å². The van der Waals surface area contributed by atoms with Crippen LogP contribution in [0.1, 0.15) is 129 Å². The molecule has 3 fully saturated rings. The molecule has 0 spiro atoms. The monoisotopic (exact) mass is 962 g/mol. The Morgan fingerprint density at radius 2 is 1.75 bits per heavy atom. The average Bonchev–Trinajstić information content (AvgIpc) is 3.79. The van der Waals surface area contributed by atoms with Crippen molar-refractivity contribution in [3.63, 3.8) is 0 Å². The molecule has 1 aliphatic carbocycles. The highest BCUT2D eigenvalue weighted by molar-refractivity contribution is 7.93. The minimum atomic E-state index is -2.89. The van der Waals surface area contributed by atoms with Crippen LogP contribution in [0.4, 0.5) is 11.5 Å². The number of carbonyl (C=O) groups is 4. The maximum absolute atomic E-state index is 13.4. The number of piperidine rings is 1. The summed E-state index contributed by atoms with van der Waals surface area (Å²) in [6.45, 7) is 5.60. The number of aliphatic hydroxyl groups is 1. The number of hydrogen-bond acceptors (Lipinski definition) is 14. The van der Waals surface area contributed by atoms with Crippen LogP contribution in [0.25, 0.3) is 22.4 Å². The smallest absolute Gasteiger partial charge is 0.264 e. The Balaban J connectivity index is 0.697. The van der Waals surface area contributed by atoms with Crippen LogP contribution >= 0.6 is 0 Å². The molecule has 4 amide bonds. The zero-order valence-corrected chi connectivity index (χ0v) is 40.2. The van der Waals surface area contributed by atoms with Crippen molar-refractivity contribution >= 4 is 55.9 Å². The number of fused-ring (bicyclic) bond motifs is 2. The summed E-state index contributed by atoms with van der Waals surface area (Å²) in [5.41, 5.74) is 4.02. The third-order valence-corrected chi connectivity index (χ3v) is 16.2. The lowest BCUT2D eigenvalue weighted by molar-refractivity contribution is -0.131. The minimum Gasteiger partial charge on any atom is -0.377 e. The van der Waals surface area contributed by atoms with Gasteiger partial charge in [-0.2, -0.15) is 0 Å². The Morgan fingerprint density at radius 1 is 0.971 bits per heavy atom. The lowest BCUT2D eigenvalue weighted by atomic mass is 10.0. The van der Waals surface area contributed by atoms with Gasteiger partial charge in [-0.1, -0.05) is 43.4 Å². The van der Waals surface area contributed by atoms with Gasteiger partial charge in [0, 0.05) is 61.7 Å². The molecule has 20 heteroatoms. The number of rotatable bonds is 21. The van der Waals surface area contributed by atoms with Crippen molar-refractivity contribution in [2.45, 2.75) is 139 Å². The summed E-state index contributed by atoms with van der Waals surface area (Å²) in [6, 6.07) is 9.80. The highest BCUT2D eigenvalue weighted by Gasteiger charge is 2.53. The molecule has 1 saturated carbocycles. The second-order valence-electron chi connectivity index (χ2n) is 19.0. The van der Waals surface area contributed by atoms with Crippen molar-refractivity contribution in [1.29, 1.82) is 4.78 Å². The standard InChI is InChI=1S/C49H62N12O7S/c1-32-31-68-28-27-59(32)40-29-39(49(21-22-49)69(2,50)67)54-44(55-40)34-19-23-51-45-35(34)20-26-58(45)24-11-9-13-33-30-52-57-60(33)25-10-7-5-3-4-6-8-16-41(62)53-37-15-12-14-36-43(37)48(66)61(47(36)65)38-17-18-42(63)56-46(38)64/h12,14-15,19-20,23,26,29-30,32,38,42,50,63H,3-11,13,16-18,21-22,24-25,27-28,31H2,1-2H3,(H,53,62)(H,56,64)/t32-,38?,42?,69?/m1/s1. The van der Waals surface area contributed by atoms with Crippen molar-refractivity contribution in [1.82, 2.24) is 44.7 Å². The second kappa shape index (κ2) is 20.5. The third kappa shape index (κ3) is 10.1. The maximum Gasteiger partial charge on any atom is 0.264 e. The zero-order valence-electron chi connectivity index (χ0n) is 39.4. The van der Waals surface area contributed by atoms with Gasteiger partial charge in [0.25, 0.3) is 11.8 Å². The molecule has 19 nitrogen and oxygen atoms in total. The van der Waals surface area contributed by atoms with Crippen LogP contribution in [-0.4, -0.2) is 117 Å². The van der Waals surface area contributed by atoms with Crippen molar-refractivity contribution < 1.29 is 33.2 Å². The van der Waals surface area contributed by atoms with E-state index in [4.69, 9.17) is 24.5 Å². The number of unbranched alkanes of at least 4 members (excludes halogenated alkanes) is 7. The van der Waals surface area contributed by atoms with Gasteiger partial charge in [0.05, 0.1) is 68.1 Å². The number of aromatic nitrogens is 7. The van der Waals surface area contributed by atoms with Gasteiger partial charge in [0.2, 0.25) is 11.8 Å². The predicted octanol–water partition coefficient (Wildman–Crippen LogP) is 5.95. The zero-order chi connectivity index (χ0) is 48.3. The number of aryl methyl sites for hydroxylation is 3. The SMILES string of the molecule is C[C@@H]1COCCN1c1cc(C2(S(C)(=N)=O)CC2)nc(-c2ccnc3c2ccn3CCCCc2cnnn2CCCCCCCCCC(=O)Nc2cccc3c2C(=O)N(C2CCC(O)NC2=O)C3=O)n1. The number of morpholine rings is 1. The summed E-state index contributed by atoms with van der Waals surface area (Å²) in [6.07, 6.45) is 17.8. The fourth-order valence-electron chi connectivity index (χ4n) is 10.0. The van der Waals surface area contributed by atoms with Gasteiger partial charge in [-0.05, 0) is 89.0 Å². The number of pyridine rings is 1. The van der Waals surface area contributed by atoms with E-state index in [1.165, 1.54) is 12.3 Å². The molecule has 4 aliphatic rings. The van der Waals surface area contributed by atoms with E-state index in [1.54, 1.807) is 18.3 Å². The predicted molar refractivity (Wildman–Crippen MR) is 259 cm³/mol. The van der Waals surface area contributed by atoms with E-state index in [0.29, 0.717) is 50.5 Å². The maximum atomic E-state index is 13.4. The second-order valence-corrected chi connectivity index (χ2v) is 21.5. The van der Waals surface area contributed by atoms with Crippen molar-refractivity contribution in [2.75, 3.05) is 36.2 Å². The molecule has 4 N–H and O–H groups in total. The molecule has 366 valence electrons. The van der Waals surface area contributed by atoms with E-state index in [1.807, 2.05) is 23.0 Å². The van der Waals surface area contributed by atoms with Gasteiger partial charge >= 0.3 is 0 Å². The lowest BCUT2D eigenvalue weighted by Gasteiger charge is -2.35. The molecule has 5 aromatic rings. The first-order chi connectivity index (χ1) is 33.3. The molecule has 4 aromatic heterocycles. The summed E-state index contributed by atoms with van der Waals surface area (Å²) in [5.74, 6) is -0.691. The van der Waals surface area contributed by atoms with Crippen LogP contribution in [0, 0.1) is 4.78 Å². The normalized spacial score (nSPS) is 20.8. The molecular formula is C49H62N12O7S. The number of anilines is 2. The van der Waals surface area contributed by atoms with E-state index in [9.17, 15) is 28.5 Å². The molecule has 0 radical (unpaired) electrons. The molecule has 0 bridgehead atoms. The topological polar surface area (TPSA) is 244 Å². The van der Waals surface area contributed by atoms with E-state index >= 15 is 0 Å². The molecule has 3 aliphatic heterocycles. The van der Waals surface area contributed by atoms with Gasteiger partial charge in [-0.3, -0.25) is 28.9 Å². The summed E-state index contributed by atoms with van der Waals surface area (Å²) >= 11 is 0. The number of amides is 4. The largest absolute Gasteiger partial charge is 0.377 e. The Bertz CT molecular complexity index is 2840. The average molecular weight is 963 g/mol. The fourth-order valence-corrected chi connectivity index (χ4v) is 11.4. The Labute approximate surface area is 401 Å². The van der Waals surface area contributed by atoms with Gasteiger partial charge in [0.1, 0.15) is 23.7 Å². The first kappa shape index (κ1) is 47.9. The highest BCUT2D eigenvalue weighted by Crippen LogP contribution is 2.53. The summed E-state index contributed by atoms with van der Waals surface area (Å²) in [5, 5.41) is 24.5. The van der Waals surface area contributed by atoms with Gasteiger partial charge in [-0.25, -0.2) is 23.8 Å². The van der Waals surface area contributed by atoms with E-state index in [0.717, 1.165) is 104 Å². The van der Waals surface area contributed by atoms with Gasteiger partial charge in [-0.15, -0.1) is 5.10 Å². The number of ether oxygens (including phenoxy) is 1. The summed E-state index contributed by atoms with van der Waals surface area (Å²) in [4.78, 5) is 69.9. The molecule has 2 saturated heterocycles. The first-order valence-corrected chi connectivity index (χ1v) is 26.4. The third-order valence-electron chi connectivity index (χ3n) is 14.1. The van der Waals surface area contributed by atoms with E-state index in [2.05, 4.69) is 49.6 Å².